The predicted octanol–water partition coefficient (Wildman–Crippen LogP) is 1.59. The Hall–Kier alpha value is -1.08. The van der Waals surface area contributed by atoms with Gasteiger partial charge in [0.15, 0.2) is 0 Å². The Balaban J connectivity index is 3.31. The SMILES string of the molecule is Cn1cc([B-](F)(F)F)c(C(C)(F)F)n1. The minimum atomic E-state index is -5.44. The average Bonchev–Trinajstić information content (AvgIpc) is 2.27. The number of aromatic nitrogens is 2. The molecule has 0 aromatic carbocycles. The van der Waals surface area contributed by atoms with Gasteiger partial charge in [0.25, 0.3) is 5.92 Å². The molecule has 1 aromatic heterocycles. The van der Waals surface area contributed by atoms with Crippen molar-refractivity contribution in [1.29, 1.82) is 0 Å². The van der Waals surface area contributed by atoms with E-state index in [-0.39, 0.29) is 0 Å². The largest absolute Gasteiger partial charge is 0.513 e. The van der Waals surface area contributed by atoms with E-state index >= 15 is 0 Å². The number of aryl methyl sites for hydroxylation is 1. The van der Waals surface area contributed by atoms with Crippen LogP contribution in [0.25, 0.3) is 0 Å². The minimum absolute atomic E-state index is 0.390. The lowest BCUT2D eigenvalue weighted by molar-refractivity contribution is 0.0129. The predicted molar refractivity (Wildman–Crippen MR) is 41.5 cm³/mol. The molecule has 14 heavy (non-hydrogen) atoms. The van der Waals surface area contributed by atoms with Gasteiger partial charge in [-0.05, 0) is 6.20 Å². The van der Waals surface area contributed by atoms with Gasteiger partial charge in [-0.25, -0.2) is 0 Å². The van der Waals surface area contributed by atoms with E-state index in [0.29, 0.717) is 13.1 Å². The molecule has 0 saturated heterocycles. The fraction of sp³-hybridized carbons (Fsp3) is 0.500. The molecule has 0 bridgehead atoms. The van der Waals surface area contributed by atoms with Gasteiger partial charge in [0.05, 0.1) is 0 Å². The molecular formula is C6H7BF5N2-. The molecule has 0 aliphatic rings. The van der Waals surface area contributed by atoms with Crippen LogP contribution >= 0.6 is 0 Å². The summed E-state index contributed by atoms with van der Waals surface area (Å²) in [5.74, 6) is -3.58. The maximum absolute atomic E-state index is 12.7. The third kappa shape index (κ3) is 2.05. The molecule has 1 aromatic rings. The van der Waals surface area contributed by atoms with E-state index < -0.39 is 24.1 Å². The number of halogens is 5. The Bertz CT molecular complexity index is 305. The Morgan fingerprint density at radius 2 is 1.86 bits per heavy atom. The Morgan fingerprint density at radius 3 is 2.14 bits per heavy atom. The highest BCUT2D eigenvalue weighted by Gasteiger charge is 2.39. The molecule has 0 saturated carbocycles. The second-order valence-electron chi connectivity index (χ2n) is 3.07. The molecule has 2 nitrogen and oxygen atoms in total. The van der Waals surface area contributed by atoms with Crippen LogP contribution in [0.1, 0.15) is 12.6 Å². The van der Waals surface area contributed by atoms with Gasteiger partial charge in [0.1, 0.15) is 5.69 Å². The number of hydrogen-bond donors (Lipinski definition) is 0. The van der Waals surface area contributed by atoms with Crippen molar-refractivity contribution in [2.45, 2.75) is 12.8 Å². The first kappa shape index (κ1) is 11.0. The highest BCUT2D eigenvalue weighted by molar-refractivity contribution is 6.73. The fourth-order valence-electron chi connectivity index (χ4n) is 1.09. The lowest BCUT2D eigenvalue weighted by Crippen LogP contribution is -2.38. The van der Waals surface area contributed by atoms with Gasteiger partial charge in [-0.3, -0.25) is 4.68 Å². The Kier molecular flexibility index (Phi) is 2.33. The smallest absolute Gasteiger partial charge is 0.445 e. The van der Waals surface area contributed by atoms with Crippen LogP contribution in [0.3, 0.4) is 0 Å². The molecule has 80 valence electrons. The first-order valence-corrected chi connectivity index (χ1v) is 3.74. The van der Waals surface area contributed by atoms with E-state index in [1.807, 2.05) is 0 Å². The summed E-state index contributed by atoms with van der Waals surface area (Å²) < 4.78 is 62.9. The standard InChI is InChI=1S/C6H7BF5N2/c1-6(8,9)5-4(7(10,11)12)3-14(2)13-5/h3H,1-2H3/q-1. The van der Waals surface area contributed by atoms with Crippen molar-refractivity contribution < 1.29 is 21.7 Å². The molecule has 0 aliphatic carbocycles. The summed E-state index contributed by atoms with van der Waals surface area (Å²) in [5.41, 5.74) is -2.55. The van der Waals surface area contributed by atoms with Crippen molar-refractivity contribution in [3.63, 3.8) is 0 Å². The molecule has 0 spiro atoms. The average molecular weight is 213 g/mol. The third-order valence-corrected chi connectivity index (χ3v) is 1.63. The lowest BCUT2D eigenvalue weighted by atomic mass is 9.79. The van der Waals surface area contributed by atoms with E-state index in [0.717, 1.165) is 4.68 Å². The molecule has 1 rings (SSSR count). The van der Waals surface area contributed by atoms with E-state index in [1.165, 1.54) is 7.05 Å². The summed E-state index contributed by atoms with van der Waals surface area (Å²) in [4.78, 5) is 0. The number of hydrogen-bond acceptors (Lipinski definition) is 1. The topological polar surface area (TPSA) is 17.8 Å². The van der Waals surface area contributed by atoms with E-state index in [2.05, 4.69) is 5.10 Å². The monoisotopic (exact) mass is 213 g/mol. The molecule has 0 radical (unpaired) electrons. The molecule has 0 fully saturated rings. The number of nitrogens with zero attached hydrogens (tertiary/aromatic N) is 2. The third-order valence-electron chi connectivity index (χ3n) is 1.63. The van der Waals surface area contributed by atoms with Crippen molar-refractivity contribution in [2.24, 2.45) is 7.05 Å². The molecule has 0 aliphatic heterocycles. The van der Waals surface area contributed by atoms with Crippen LogP contribution in [-0.4, -0.2) is 16.8 Å². The van der Waals surface area contributed by atoms with Gasteiger partial charge in [-0.1, -0.05) is 5.46 Å². The van der Waals surface area contributed by atoms with Crippen molar-refractivity contribution in [3.8, 4) is 0 Å². The lowest BCUT2D eigenvalue weighted by Gasteiger charge is -2.17. The second kappa shape index (κ2) is 2.96. The van der Waals surface area contributed by atoms with Crippen molar-refractivity contribution in [1.82, 2.24) is 9.78 Å². The Labute approximate surface area is 76.8 Å². The van der Waals surface area contributed by atoms with Crippen LogP contribution in [0.4, 0.5) is 21.7 Å². The molecule has 0 unspecified atom stereocenters. The van der Waals surface area contributed by atoms with Gasteiger partial charge in [0, 0.05) is 14.0 Å². The Morgan fingerprint density at radius 1 is 1.36 bits per heavy atom. The molecule has 8 heteroatoms. The first-order valence-electron chi connectivity index (χ1n) is 3.74. The zero-order chi connectivity index (χ0) is 11.1. The zero-order valence-electron chi connectivity index (χ0n) is 7.44. The van der Waals surface area contributed by atoms with Crippen LogP contribution in [0.2, 0.25) is 0 Å². The van der Waals surface area contributed by atoms with E-state index in [9.17, 15) is 21.7 Å². The van der Waals surface area contributed by atoms with Gasteiger partial charge in [-0.15, -0.1) is 0 Å². The second-order valence-corrected chi connectivity index (χ2v) is 3.07. The summed E-state index contributed by atoms with van der Waals surface area (Å²) in [6.07, 6.45) is 0.562. The fourth-order valence-corrected chi connectivity index (χ4v) is 1.09. The van der Waals surface area contributed by atoms with E-state index in [1.54, 1.807) is 0 Å². The summed E-state index contributed by atoms with van der Waals surface area (Å²) in [7, 11) is 1.17. The minimum Gasteiger partial charge on any atom is -0.445 e. The quantitative estimate of drug-likeness (QED) is 0.538. The van der Waals surface area contributed by atoms with Crippen LogP contribution in [0.15, 0.2) is 6.20 Å². The molecule has 1 heterocycles. The number of alkyl halides is 2. The van der Waals surface area contributed by atoms with Crippen LogP contribution in [-0.2, 0) is 13.0 Å². The van der Waals surface area contributed by atoms with Gasteiger partial charge >= 0.3 is 6.98 Å². The highest BCUT2D eigenvalue weighted by Crippen LogP contribution is 2.26. The summed E-state index contributed by atoms with van der Waals surface area (Å²) >= 11 is 0. The summed E-state index contributed by atoms with van der Waals surface area (Å²) in [6.45, 7) is -5.06. The van der Waals surface area contributed by atoms with Crippen molar-refractivity contribution in [2.75, 3.05) is 0 Å². The highest BCUT2D eigenvalue weighted by atomic mass is 19.4. The van der Waals surface area contributed by atoms with Crippen LogP contribution in [0, 0.1) is 0 Å². The van der Waals surface area contributed by atoms with Crippen LogP contribution in [0.5, 0.6) is 0 Å². The normalized spacial score (nSPS) is 13.4. The maximum atomic E-state index is 12.7. The summed E-state index contributed by atoms with van der Waals surface area (Å²) in [5, 5.41) is 3.11. The van der Waals surface area contributed by atoms with Crippen molar-refractivity contribution in [3.05, 3.63) is 11.9 Å². The van der Waals surface area contributed by atoms with Crippen LogP contribution < -0.4 is 5.46 Å². The summed E-state index contributed by atoms with van der Waals surface area (Å²) in [6, 6.07) is 0. The molecule has 0 N–H and O–H groups in total. The molecular weight excluding hydrogens is 206 g/mol. The molecule has 0 atom stereocenters. The molecule has 0 amide bonds. The van der Waals surface area contributed by atoms with Gasteiger partial charge in [0.2, 0.25) is 0 Å². The van der Waals surface area contributed by atoms with Gasteiger partial charge < -0.3 is 12.9 Å². The van der Waals surface area contributed by atoms with E-state index in [4.69, 9.17) is 0 Å². The zero-order valence-corrected chi connectivity index (χ0v) is 7.44. The first-order chi connectivity index (χ1) is 6.12. The number of rotatable bonds is 2. The van der Waals surface area contributed by atoms with Gasteiger partial charge in [-0.2, -0.15) is 13.9 Å². The maximum Gasteiger partial charge on any atom is 0.513 e. The van der Waals surface area contributed by atoms with Crippen molar-refractivity contribution >= 4 is 12.4 Å².